The van der Waals surface area contributed by atoms with Crippen molar-refractivity contribution in [2.24, 2.45) is 17.6 Å². The smallest absolute Gasteiger partial charge is 0.298 e. The Morgan fingerprint density at radius 3 is 2.84 bits per heavy atom. The molecule has 1 saturated heterocycles. The van der Waals surface area contributed by atoms with Crippen LogP contribution in [0.2, 0.25) is 0 Å². The molecule has 2 atom stereocenters. The SMILES string of the molecule is Cc1ccc2oc(N3CCN(C(=O)[C@@H]4CCC[C@@H]4CN)CC3)nc2c1. The van der Waals surface area contributed by atoms with Gasteiger partial charge in [0.2, 0.25) is 5.91 Å². The van der Waals surface area contributed by atoms with Crippen molar-refractivity contribution in [2.75, 3.05) is 37.6 Å². The van der Waals surface area contributed by atoms with Gasteiger partial charge in [-0.3, -0.25) is 4.79 Å². The van der Waals surface area contributed by atoms with Gasteiger partial charge >= 0.3 is 0 Å². The highest BCUT2D eigenvalue weighted by Gasteiger charge is 2.36. The molecule has 2 N–H and O–H groups in total. The van der Waals surface area contributed by atoms with Crippen molar-refractivity contribution in [1.29, 1.82) is 0 Å². The summed E-state index contributed by atoms with van der Waals surface area (Å²) in [6.07, 6.45) is 3.21. The summed E-state index contributed by atoms with van der Waals surface area (Å²) in [7, 11) is 0. The van der Waals surface area contributed by atoms with E-state index < -0.39 is 0 Å². The maximum Gasteiger partial charge on any atom is 0.298 e. The molecule has 2 aromatic rings. The molecule has 0 bridgehead atoms. The van der Waals surface area contributed by atoms with Gasteiger partial charge in [0, 0.05) is 32.1 Å². The Bertz CT molecular complexity index is 764. The average molecular weight is 342 g/mol. The Morgan fingerprint density at radius 1 is 1.28 bits per heavy atom. The van der Waals surface area contributed by atoms with Crippen LogP contribution in [0.1, 0.15) is 24.8 Å². The molecule has 2 aliphatic rings. The predicted octanol–water partition coefficient (Wildman–Crippen LogP) is 2.16. The lowest BCUT2D eigenvalue weighted by atomic mass is 9.94. The van der Waals surface area contributed by atoms with Gasteiger partial charge in [0.25, 0.3) is 6.01 Å². The highest BCUT2D eigenvalue weighted by molar-refractivity contribution is 5.80. The number of aryl methyl sites for hydroxylation is 1. The number of oxazole rings is 1. The molecule has 6 nitrogen and oxygen atoms in total. The van der Waals surface area contributed by atoms with Crippen LogP contribution in [0.5, 0.6) is 0 Å². The summed E-state index contributed by atoms with van der Waals surface area (Å²) in [4.78, 5) is 21.5. The predicted molar refractivity (Wildman–Crippen MR) is 97.4 cm³/mol. The first-order chi connectivity index (χ1) is 12.2. The maximum absolute atomic E-state index is 12.8. The molecule has 0 radical (unpaired) electrons. The monoisotopic (exact) mass is 342 g/mol. The van der Waals surface area contributed by atoms with E-state index in [1.54, 1.807) is 0 Å². The van der Waals surface area contributed by atoms with Crippen molar-refractivity contribution in [3.63, 3.8) is 0 Å². The topological polar surface area (TPSA) is 75.6 Å². The summed E-state index contributed by atoms with van der Waals surface area (Å²) < 4.78 is 5.89. The molecular formula is C19H26N4O2. The minimum absolute atomic E-state index is 0.129. The van der Waals surface area contributed by atoms with Gasteiger partial charge in [0.15, 0.2) is 5.58 Å². The fraction of sp³-hybridized carbons (Fsp3) is 0.579. The minimum atomic E-state index is 0.129. The number of aromatic nitrogens is 1. The van der Waals surface area contributed by atoms with E-state index in [0.29, 0.717) is 24.4 Å². The summed E-state index contributed by atoms with van der Waals surface area (Å²) in [5, 5.41) is 0. The largest absolute Gasteiger partial charge is 0.423 e. The molecule has 1 aliphatic heterocycles. The third kappa shape index (κ3) is 3.11. The van der Waals surface area contributed by atoms with Gasteiger partial charge < -0.3 is 20.0 Å². The second kappa shape index (κ2) is 6.67. The molecule has 134 valence electrons. The van der Waals surface area contributed by atoms with Crippen molar-refractivity contribution >= 4 is 23.0 Å². The molecule has 25 heavy (non-hydrogen) atoms. The van der Waals surface area contributed by atoms with Gasteiger partial charge in [-0.05, 0) is 49.9 Å². The van der Waals surface area contributed by atoms with E-state index in [4.69, 9.17) is 10.2 Å². The van der Waals surface area contributed by atoms with Crippen molar-refractivity contribution < 1.29 is 9.21 Å². The summed E-state index contributed by atoms with van der Waals surface area (Å²) in [5.74, 6) is 0.787. The van der Waals surface area contributed by atoms with Crippen molar-refractivity contribution in [3.8, 4) is 0 Å². The van der Waals surface area contributed by atoms with Gasteiger partial charge in [0.05, 0.1) is 0 Å². The quantitative estimate of drug-likeness (QED) is 0.925. The highest BCUT2D eigenvalue weighted by atomic mass is 16.4. The zero-order valence-electron chi connectivity index (χ0n) is 14.8. The number of benzene rings is 1. The van der Waals surface area contributed by atoms with Gasteiger partial charge in [0.1, 0.15) is 5.52 Å². The van der Waals surface area contributed by atoms with Crippen molar-refractivity contribution in [3.05, 3.63) is 23.8 Å². The molecule has 1 aromatic carbocycles. The summed E-state index contributed by atoms with van der Waals surface area (Å²) in [5.41, 5.74) is 8.72. The van der Waals surface area contributed by atoms with Crippen LogP contribution in [-0.4, -0.2) is 48.5 Å². The molecule has 0 unspecified atom stereocenters. The Hall–Kier alpha value is -2.08. The van der Waals surface area contributed by atoms with E-state index in [9.17, 15) is 4.79 Å². The molecule has 1 aromatic heterocycles. The summed E-state index contributed by atoms with van der Waals surface area (Å²) in [6, 6.07) is 6.69. The molecule has 4 rings (SSSR count). The maximum atomic E-state index is 12.8. The minimum Gasteiger partial charge on any atom is -0.423 e. The number of amides is 1. The number of hydrogen-bond acceptors (Lipinski definition) is 5. The van der Waals surface area contributed by atoms with Crippen LogP contribution in [-0.2, 0) is 4.79 Å². The molecule has 2 heterocycles. The lowest BCUT2D eigenvalue weighted by Gasteiger charge is -2.36. The molecule has 1 amide bonds. The molecule has 1 saturated carbocycles. The lowest BCUT2D eigenvalue weighted by Crippen LogP contribution is -2.51. The Kier molecular flexibility index (Phi) is 4.37. The summed E-state index contributed by atoms with van der Waals surface area (Å²) in [6.45, 7) is 5.65. The van der Waals surface area contributed by atoms with Crippen LogP contribution in [0, 0.1) is 18.8 Å². The van der Waals surface area contributed by atoms with Crippen LogP contribution in [0.3, 0.4) is 0 Å². The fourth-order valence-corrected chi connectivity index (χ4v) is 4.16. The van der Waals surface area contributed by atoms with Crippen LogP contribution in [0.4, 0.5) is 6.01 Å². The highest BCUT2D eigenvalue weighted by Crippen LogP contribution is 2.33. The number of carbonyl (C=O) groups excluding carboxylic acids is 1. The second-order valence-corrected chi connectivity index (χ2v) is 7.31. The molecular weight excluding hydrogens is 316 g/mol. The van der Waals surface area contributed by atoms with Crippen LogP contribution in [0.25, 0.3) is 11.1 Å². The van der Waals surface area contributed by atoms with E-state index in [0.717, 1.165) is 56.5 Å². The molecule has 1 aliphatic carbocycles. The number of anilines is 1. The zero-order chi connectivity index (χ0) is 17.4. The first-order valence-corrected chi connectivity index (χ1v) is 9.26. The van der Waals surface area contributed by atoms with E-state index in [2.05, 4.69) is 16.8 Å². The van der Waals surface area contributed by atoms with Crippen LogP contribution in [0.15, 0.2) is 22.6 Å². The third-order valence-corrected chi connectivity index (χ3v) is 5.67. The van der Waals surface area contributed by atoms with E-state index >= 15 is 0 Å². The van der Waals surface area contributed by atoms with E-state index in [1.165, 1.54) is 5.56 Å². The first-order valence-electron chi connectivity index (χ1n) is 9.26. The number of nitrogens with zero attached hydrogens (tertiary/aromatic N) is 3. The van der Waals surface area contributed by atoms with Gasteiger partial charge in [-0.2, -0.15) is 4.98 Å². The lowest BCUT2D eigenvalue weighted by molar-refractivity contribution is -0.136. The van der Waals surface area contributed by atoms with Crippen molar-refractivity contribution in [2.45, 2.75) is 26.2 Å². The number of piperazine rings is 1. The van der Waals surface area contributed by atoms with E-state index in [-0.39, 0.29) is 5.92 Å². The zero-order valence-corrected chi connectivity index (χ0v) is 14.8. The van der Waals surface area contributed by atoms with Crippen LogP contribution < -0.4 is 10.6 Å². The van der Waals surface area contributed by atoms with E-state index in [1.807, 2.05) is 23.1 Å². The average Bonchev–Trinajstić information content (AvgIpc) is 3.27. The fourth-order valence-electron chi connectivity index (χ4n) is 4.16. The Labute approximate surface area is 148 Å². The molecule has 6 heteroatoms. The number of nitrogens with two attached hydrogens (primary N) is 1. The standard InChI is InChI=1S/C19H26N4O2/c1-13-5-6-17-16(11-13)21-19(25-17)23-9-7-22(8-10-23)18(24)15-4-2-3-14(15)12-20/h5-6,11,14-15H,2-4,7-10,12,20H2,1H3/t14-,15-/m1/s1. The Morgan fingerprint density at radius 2 is 2.08 bits per heavy atom. The summed E-state index contributed by atoms with van der Waals surface area (Å²) >= 11 is 0. The molecule has 2 fully saturated rings. The Balaban J connectivity index is 1.41. The van der Waals surface area contributed by atoms with Crippen molar-refractivity contribution in [1.82, 2.24) is 9.88 Å². The second-order valence-electron chi connectivity index (χ2n) is 7.31. The van der Waals surface area contributed by atoms with Gasteiger partial charge in [-0.15, -0.1) is 0 Å². The van der Waals surface area contributed by atoms with Gasteiger partial charge in [-0.1, -0.05) is 12.5 Å². The van der Waals surface area contributed by atoms with Gasteiger partial charge in [-0.25, -0.2) is 0 Å². The number of rotatable bonds is 3. The number of fused-ring (bicyclic) bond motifs is 1. The van der Waals surface area contributed by atoms with Crippen LogP contribution >= 0.6 is 0 Å². The third-order valence-electron chi connectivity index (χ3n) is 5.67. The first kappa shape index (κ1) is 16.4. The normalized spacial score (nSPS) is 24.2. The molecule has 0 spiro atoms. The number of carbonyl (C=O) groups is 1. The number of hydrogen-bond donors (Lipinski definition) is 1.